The highest BCUT2D eigenvalue weighted by atomic mass is 32.2. The molecule has 3 rings (SSSR count). The van der Waals surface area contributed by atoms with E-state index in [1.807, 2.05) is 55.6 Å². The minimum atomic E-state index is -1.32. The third-order valence-electron chi connectivity index (χ3n) is 5.13. The second-order valence-electron chi connectivity index (χ2n) is 7.03. The van der Waals surface area contributed by atoms with Crippen LogP contribution in [0.3, 0.4) is 0 Å². The molecule has 1 aliphatic carbocycles. The Morgan fingerprint density at radius 1 is 1.07 bits per heavy atom. The lowest BCUT2D eigenvalue weighted by atomic mass is 9.86. The number of ether oxygens (including phenoxy) is 1. The zero-order chi connectivity index (χ0) is 20.6. The average Bonchev–Trinajstić information content (AvgIpc) is 2.78. The van der Waals surface area contributed by atoms with E-state index in [0.717, 1.165) is 42.5 Å². The summed E-state index contributed by atoms with van der Waals surface area (Å²) in [5.41, 5.74) is 2.65. The molecule has 2 N–H and O–H groups in total. The molecule has 2 aromatic rings. The van der Waals surface area contributed by atoms with Gasteiger partial charge in [-0.2, -0.15) is 0 Å². The number of benzene rings is 2. The van der Waals surface area contributed by atoms with Crippen LogP contribution in [0, 0.1) is 17.8 Å². The van der Waals surface area contributed by atoms with Crippen LogP contribution in [0.1, 0.15) is 36.8 Å². The van der Waals surface area contributed by atoms with Crippen LogP contribution in [0.15, 0.2) is 53.4 Å². The molecule has 152 valence electrons. The van der Waals surface area contributed by atoms with Crippen LogP contribution in [-0.4, -0.2) is 30.4 Å². The first-order valence-electron chi connectivity index (χ1n) is 9.75. The molecule has 1 saturated carbocycles. The molecule has 0 spiro atoms. The Bertz CT molecular complexity index is 926. The van der Waals surface area contributed by atoms with E-state index in [1.165, 1.54) is 7.11 Å². The average molecular weight is 411 g/mol. The van der Waals surface area contributed by atoms with Gasteiger partial charge in [0.15, 0.2) is 0 Å². The first-order valence-corrected chi connectivity index (χ1v) is 10.9. The Morgan fingerprint density at radius 2 is 1.79 bits per heavy atom. The Balaban J connectivity index is 1.65. The monoisotopic (exact) mass is 410 g/mol. The summed E-state index contributed by atoms with van der Waals surface area (Å²) in [4.78, 5) is 12.3. The lowest BCUT2D eigenvalue weighted by Gasteiger charge is -2.27. The summed E-state index contributed by atoms with van der Waals surface area (Å²) < 4.78 is 20.8. The molecule has 0 radical (unpaired) electrons. The Morgan fingerprint density at radius 3 is 2.45 bits per heavy atom. The summed E-state index contributed by atoms with van der Waals surface area (Å²) in [5.74, 6) is 6.14. The van der Waals surface area contributed by atoms with Crippen molar-refractivity contribution in [2.75, 3.05) is 19.5 Å². The molecule has 5 nitrogen and oxygen atoms in total. The fourth-order valence-electron chi connectivity index (χ4n) is 3.45. The maximum absolute atomic E-state index is 12.8. The second kappa shape index (κ2) is 10.2. The van der Waals surface area contributed by atoms with Crippen LogP contribution in [0.4, 0.5) is 5.69 Å². The van der Waals surface area contributed by atoms with E-state index in [-0.39, 0.29) is 17.9 Å². The number of rotatable bonds is 5. The van der Waals surface area contributed by atoms with Crippen molar-refractivity contribution < 1.29 is 13.7 Å². The molecular formula is C23H26N2O3S. The van der Waals surface area contributed by atoms with Crippen molar-refractivity contribution in [2.24, 2.45) is 5.92 Å². The van der Waals surface area contributed by atoms with Crippen molar-refractivity contribution in [3.8, 4) is 11.8 Å². The van der Waals surface area contributed by atoms with Gasteiger partial charge in [-0.25, -0.2) is 8.93 Å². The highest BCUT2D eigenvalue weighted by Gasteiger charge is 2.27. The fraction of sp³-hybridized carbons (Fsp3) is 0.348. The molecule has 0 aliphatic heterocycles. The molecule has 1 atom stereocenters. The van der Waals surface area contributed by atoms with E-state index in [0.29, 0.717) is 4.90 Å². The van der Waals surface area contributed by atoms with Crippen LogP contribution in [0.2, 0.25) is 0 Å². The van der Waals surface area contributed by atoms with Crippen molar-refractivity contribution in [3.63, 3.8) is 0 Å². The zero-order valence-electron chi connectivity index (χ0n) is 16.7. The van der Waals surface area contributed by atoms with E-state index in [9.17, 15) is 9.00 Å². The SMILES string of the molecule is CNc1cc(S(=O)NC2CCC(C(=O)OC)CC2)ccc1C#Cc1ccccc1. The minimum absolute atomic E-state index is 0.0372. The van der Waals surface area contributed by atoms with Gasteiger partial charge in [0.2, 0.25) is 0 Å². The Hall–Kier alpha value is -2.62. The fourth-order valence-corrected chi connectivity index (χ4v) is 4.54. The van der Waals surface area contributed by atoms with E-state index in [1.54, 1.807) is 0 Å². The van der Waals surface area contributed by atoms with Crippen LogP contribution < -0.4 is 10.0 Å². The number of carbonyl (C=O) groups is 1. The normalized spacial score (nSPS) is 19.5. The number of hydrogen-bond acceptors (Lipinski definition) is 4. The molecule has 29 heavy (non-hydrogen) atoms. The summed E-state index contributed by atoms with van der Waals surface area (Å²) >= 11 is 0. The van der Waals surface area contributed by atoms with Gasteiger partial charge in [-0.15, -0.1) is 0 Å². The summed E-state index contributed by atoms with van der Waals surface area (Å²) in [6.45, 7) is 0. The lowest BCUT2D eigenvalue weighted by Crippen LogP contribution is -2.36. The van der Waals surface area contributed by atoms with E-state index in [2.05, 4.69) is 21.9 Å². The molecular weight excluding hydrogens is 384 g/mol. The molecule has 0 heterocycles. The molecule has 2 aromatic carbocycles. The van der Waals surface area contributed by atoms with Gasteiger partial charge >= 0.3 is 5.97 Å². The molecule has 1 unspecified atom stereocenters. The first kappa shape index (κ1) is 21.1. The lowest BCUT2D eigenvalue weighted by molar-refractivity contribution is -0.146. The quantitative estimate of drug-likeness (QED) is 0.585. The van der Waals surface area contributed by atoms with E-state index in [4.69, 9.17) is 4.74 Å². The van der Waals surface area contributed by atoms with Crippen molar-refractivity contribution in [1.82, 2.24) is 4.72 Å². The van der Waals surface area contributed by atoms with Crippen LogP contribution in [0.25, 0.3) is 0 Å². The summed E-state index contributed by atoms with van der Waals surface area (Å²) in [5, 5.41) is 3.14. The predicted octanol–water partition coefficient (Wildman–Crippen LogP) is 3.47. The summed E-state index contributed by atoms with van der Waals surface area (Å²) in [6.07, 6.45) is 3.14. The highest BCUT2D eigenvalue weighted by Crippen LogP contribution is 2.26. The van der Waals surface area contributed by atoms with Gasteiger partial charge < -0.3 is 10.1 Å². The van der Waals surface area contributed by atoms with Crippen LogP contribution >= 0.6 is 0 Å². The van der Waals surface area contributed by atoms with Crippen LogP contribution in [-0.2, 0) is 20.5 Å². The number of methoxy groups -OCH3 is 1. The molecule has 0 aromatic heterocycles. The van der Waals surface area contributed by atoms with Gasteiger partial charge in [0, 0.05) is 24.2 Å². The van der Waals surface area contributed by atoms with Gasteiger partial charge in [0.25, 0.3) is 0 Å². The van der Waals surface area contributed by atoms with Crippen LogP contribution in [0.5, 0.6) is 0 Å². The van der Waals surface area contributed by atoms with Crippen molar-refractivity contribution in [3.05, 3.63) is 59.7 Å². The first-order chi connectivity index (χ1) is 14.1. The molecule has 0 bridgehead atoms. The predicted molar refractivity (Wildman–Crippen MR) is 116 cm³/mol. The summed E-state index contributed by atoms with van der Waals surface area (Å²) in [6, 6.07) is 15.6. The van der Waals surface area contributed by atoms with Crippen molar-refractivity contribution in [2.45, 2.75) is 36.6 Å². The molecule has 0 saturated heterocycles. The maximum Gasteiger partial charge on any atom is 0.308 e. The highest BCUT2D eigenvalue weighted by molar-refractivity contribution is 7.83. The number of nitrogens with one attached hydrogen (secondary N) is 2. The van der Waals surface area contributed by atoms with Gasteiger partial charge in [0.1, 0.15) is 11.0 Å². The van der Waals surface area contributed by atoms with Crippen molar-refractivity contribution >= 4 is 22.6 Å². The molecule has 1 fully saturated rings. The van der Waals surface area contributed by atoms with E-state index < -0.39 is 11.0 Å². The Labute approximate surface area is 174 Å². The largest absolute Gasteiger partial charge is 0.469 e. The number of esters is 1. The van der Waals surface area contributed by atoms with Gasteiger partial charge in [-0.3, -0.25) is 4.79 Å². The third-order valence-corrected chi connectivity index (χ3v) is 6.35. The van der Waals surface area contributed by atoms with Crippen molar-refractivity contribution in [1.29, 1.82) is 0 Å². The second-order valence-corrected chi connectivity index (χ2v) is 8.28. The van der Waals surface area contributed by atoms with Gasteiger partial charge in [-0.1, -0.05) is 30.0 Å². The number of carbonyl (C=O) groups excluding carboxylic acids is 1. The smallest absolute Gasteiger partial charge is 0.308 e. The molecule has 1 aliphatic rings. The number of hydrogen-bond donors (Lipinski definition) is 2. The topological polar surface area (TPSA) is 67.4 Å². The van der Waals surface area contributed by atoms with Gasteiger partial charge in [0.05, 0.1) is 23.6 Å². The zero-order valence-corrected chi connectivity index (χ0v) is 17.6. The third kappa shape index (κ3) is 5.69. The maximum atomic E-state index is 12.8. The molecule has 0 amide bonds. The number of anilines is 1. The standard InChI is InChI=1S/C23H26N2O3S/c1-24-22-16-21(15-12-18(22)9-8-17-6-4-3-5-7-17)29(27)25-20-13-10-19(11-14-20)23(26)28-2/h3-7,12,15-16,19-20,24-25H,10-11,13-14H2,1-2H3. The van der Waals surface area contributed by atoms with E-state index >= 15 is 0 Å². The Kier molecular flexibility index (Phi) is 7.45. The minimum Gasteiger partial charge on any atom is -0.469 e. The van der Waals surface area contributed by atoms with Gasteiger partial charge in [-0.05, 0) is 56.0 Å². The molecule has 6 heteroatoms. The summed E-state index contributed by atoms with van der Waals surface area (Å²) in [7, 11) is 1.94.